The molecular weight excluding hydrogens is 354 g/mol. The monoisotopic (exact) mass is 370 g/mol. The van der Waals surface area contributed by atoms with Crippen molar-refractivity contribution in [3.05, 3.63) is 40.2 Å². The van der Waals surface area contributed by atoms with Crippen molar-refractivity contribution >= 4 is 17.3 Å². The number of ether oxygens (including phenoxy) is 2. The largest absolute Gasteiger partial charge is 0.493 e. The van der Waals surface area contributed by atoms with E-state index < -0.39 is 11.5 Å². The van der Waals surface area contributed by atoms with Gasteiger partial charge in [-0.2, -0.15) is 13.9 Å². The van der Waals surface area contributed by atoms with Crippen LogP contribution in [-0.4, -0.2) is 34.3 Å². The first-order chi connectivity index (χ1) is 12.3. The molecule has 1 N–H and O–H groups in total. The Bertz CT molecular complexity index is 809. The van der Waals surface area contributed by atoms with E-state index in [2.05, 4.69) is 15.2 Å². The maximum Gasteiger partial charge on any atom is 0.387 e. The molecule has 140 valence electrons. The lowest BCUT2D eigenvalue weighted by molar-refractivity contribution is -0.385. The van der Waals surface area contributed by atoms with Crippen molar-refractivity contribution in [3.8, 4) is 11.5 Å². The predicted octanol–water partition coefficient (Wildman–Crippen LogP) is 2.74. The van der Waals surface area contributed by atoms with Gasteiger partial charge in [0.1, 0.15) is 11.9 Å². The zero-order valence-corrected chi connectivity index (χ0v) is 13.9. The third-order valence-electron chi connectivity index (χ3n) is 3.35. The smallest absolute Gasteiger partial charge is 0.387 e. The second-order valence-electron chi connectivity index (χ2n) is 5.16. The topological polar surface area (TPSA) is 109 Å². The van der Waals surface area contributed by atoms with Gasteiger partial charge in [-0.1, -0.05) is 0 Å². The van der Waals surface area contributed by atoms with Gasteiger partial charge in [0, 0.05) is 24.7 Å². The first kappa shape index (κ1) is 19.1. The molecule has 1 aromatic heterocycles. The van der Waals surface area contributed by atoms with E-state index in [1.165, 1.54) is 43.1 Å². The summed E-state index contributed by atoms with van der Waals surface area (Å²) in [6, 6.07) is 3.99. The SMILES string of the molecule is COc1cc(NC(=O)CCn2cc([N+](=O)[O-])c(C)n2)ccc1OC(F)F. The van der Waals surface area contributed by atoms with Crippen LogP contribution >= 0.6 is 0 Å². The van der Waals surface area contributed by atoms with Crippen LogP contribution in [0, 0.1) is 17.0 Å². The Morgan fingerprint density at radius 3 is 2.73 bits per heavy atom. The molecule has 1 heterocycles. The fourth-order valence-electron chi connectivity index (χ4n) is 2.18. The summed E-state index contributed by atoms with van der Waals surface area (Å²) in [5.74, 6) is -0.494. The average molecular weight is 370 g/mol. The molecule has 26 heavy (non-hydrogen) atoms. The summed E-state index contributed by atoms with van der Waals surface area (Å²) in [6.45, 7) is -1.35. The number of nitrogens with zero attached hydrogens (tertiary/aromatic N) is 3. The predicted molar refractivity (Wildman–Crippen MR) is 86.5 cm³/mol. The van der Waals surface area contributed by atoms with Crippen molar-refractivity contribution in [2.75, 3.05) is 12.4 Å². The number of nitro groups is 1. The van der Waals surface area contributed by atoms with Gasteiger partial charge in [-0.05, 0) is 19.1 Å². The van der Waals surface area contributed by atoms with Crippen LogP contribution in [-0.2, 0) is 11.3 Å². The van der Waals surface area contributed by atoms with Crippen LogP contribution in [0.3, 0.4) is 0 Å². The first-order valence-corrected chi connectivity index (χ1v) is 7.41. The standard InChI is InChI=1S/C15H16F2N4O5/c1-9-11(21(23)24)8-20(19-9)6-5-14(22)18-10-3-4-12(26-15(16)17)13(7-10)25-2/h3-4,7-8,15H,5-6H2,1-2H3,(H,18,22). The number of carbonyl (C=O) groups is 1. The van der Waals surface area contributed by atoms with Gasteiger partial charge in [-0.3, -0.25) is 19.6 Å². The Hall–Kier alpha value is -3.24. The molecule has 1 aromatic carbocycles. The third-order valence-corrected chi connectivity index (χ3v) is 3.35. The Kier molecular flexibility index (Phi) is 6.04. The molecule has 0 spiro atoms. The molecule has 0 atom stereocenters. The van der Waals surface area contributed by atoms with Gasteiger partial charge < -0.3 is 14.8 Å². The molecule has 1 amide bonds. The van der Waals surface area contributed by atoms with E-state index in [9.17, 15) is 23.7 Å². The highest BCUT2D eigenvalue weighted by atomic mass is 19.3. The quantitative estimate of drug-likeness (QED) is 0.565. The lowest BCUT2D eigenvalue weighted by atomic mass is 10.2. The minimum atomic E-state index is -2.99. The van der Waals surface area contributed by atoms with Crippen molar-refractivity contribution in [3.63, 3.8) is 0 Å². The van der Waals surface area contributed by atoms with Crippen LogP contribution in [0.5, 0.6) is 11.5 Å². The Balaban J connectivity index is 1.97. The summed E-state index contributed by atoms with van der Waals surface area (Å²) >= 11 is 0. The zero-order chi connectivity index (χ0) is 19.3. The maximum absolute atomic E-state index is 12.3. The highest BCUT2D eigenvalue weighted by Crippen LogP contribution is 2.31. The van der Waals surface area contributed by atoms with Crippen molar-refractivity contribution in [2.45, 2.75) is 26.5 Å². The number of alkyl halides is 2. The van der Waals surface area contributed by atoms with Gasteiger partial charge in [-0.25, -0.2) is 0 Å². The number of nitrogens with one attached hydrogen (secondary N) is 1. The molecule has 0 aliphatic carbocycles. The van der Waals surface area contributed by atoms with Crippen molar-refractivity contribution in [1.29, 1.82) is 0 Å². The van der Waals surface area contributed by atoms with Crippen LogP contribution in [0.15, 0.2) is 24.4 Å². The summed E-state index contributed by atoms with van der Waals surface area (Å²) in [7, 11) is 1.28. The van der Waals surface area contributed by atoms with E-state index in [-0.39, 0.29) is 41.8 Å². The molecule has 0 bridgehead atoms. The summed E-state index contributed by atoms with van der Waals surface area (Å²) in [5, 5.41) is 17.3. The van der Waals surface area contributed by atoms with E-state index in [0.29, 0.717) is 5.69 Å². The van der Waals surface area contributed by atoms with Gasteiger partial charge in [0.25, 0.3) is 0 Å². The van der Waals surface area contributed by atoms with Gasteiger partial charge in [0.05, 0.1) is 12.0 Å². The average Bonchev–Trinajstić information content (AvgIpc) is 2.95. The van der Waals surface area contributed by atoms with Gasteiger partial charge in [0.2, 0.25) is 5.91 Å². The van der Waals surface area contributed by atoms with Crippen molar-refractivity contribution in [2.24, 2.45) is 0 Å². The lowest BCUT2D eigenvalue weighted by Crippen LogP contribution is -2.15. The number of aryl methyl sites for hydroxylation is 2. The van der Waals surface area contributed by atoms with E-state index in [1.54, 1.807) is 0 Å². The molecule has 0 unspecified atom stereocenters. The van der Waals surface area contributed by atoms with Gasteiger partial charge in [0.15, 0.2) is 11.5 Å². The van der Waals surface area contributed by atoms with Crippen LogP contribution in [0.4, 0.5) is 20.2 Å². The molecular formula is C15H16F2N4O5. The molecule has 0 saturated carbocycles. The molecule has 0 aliphatic heterocycles. The second kappa shape index (κ2) is 8.23. The molecule has 2 aromatic rings. The van der Waals surface area contributed by atoms with E-state index in [4.69, 9.17) is 4.74 Å². The van der Waals surface area contributed by atoms with Crippen LogP contribution < -0.4 is 14.8 Å². The normalized spacial score (nSPS) is 10.7. The maximum atomic E-state index is 12.3. The minimum Gasteiger partial charge on any atom is -0.493 e. The number of benzene rings is 1. The van der Waals surface area contributed by atoms with Crippen LogP contribution in [0.1, 0.15) is 12.1 Å². The summed E-state index contributed by atoms with van der Waals surface area (Å²) in [5.41, 5.74) is 0.468. The summed E-state index contributed by atoms with van der Waals surface area (Å²) < 4.78 is 35.1. The Morgan fingerprint density at radius 2 is 2.15 bits per heavy atom. The molecule has 2 rings (SSSR count). The number of aromatic nitrogens is 2. The number of hydrogen-bond acceptors (Lipinski definition) is 6. The van der Waals surface area contributed by atoms with Gasteiger partial charge in [-0.15, -0.1) is 0 Å². The fraction of sp³-hybridized carbons (Fsp3) is 0.333. The first-order valence-electron chi connectivity index (χ1n) is 7.41. The second-order valence-corrected chi connectivity index (χ2v) is 5.16. The van der Waals surface area contributed by atoms with E-state index in [0.717, 1.165) is 0 Å². The Morgan fingerprint density at radius 1 is 1.42 bits per heavy atom. The third kappa shape index (κ3) is 4.88. The van der Waals surface area contributed by atoms with Gasteiger partial charge >= 0.3 is 12.3 Å². The lowest BCUT2D eigenvalue weighted by Gasteiger charge is -2.12. The highest BCUT2D eigenvalue weighted by Gasteiger charge is 2.16. The molecule has 0 radical (unpaired) electrons. The summed E-state index contributed by atoms with van der Waals surface area (Å²) in [4.78, 5) is 22.2. The molecule has 9 nitrogen and oxygen atoms in total. The number of carbonyl (C=O) groups excluding carboxylic acids is 1. The number of methoxy groups -OCH3 is 1. The number of hydrogen-bond donors (Lipinski definition) is 1. The number of anilines is 1. The fourth-order valence-corrected chi connectivity index (χ4v) is 2.18. The highest BCUT2D eigenvalue weighted by molar-refractivity contribution is 5.91. The number of amides is 1. The molecule has 11 heteroatoms. The zero-order valence-electron chi connectivity index (χ0n) is 13.9. The number of rotatable bonds is 8. The molecule has 0 fully saturated rings. The number of halogens is 2. The summed E-state index contributed by atoms with van der Waals surface area (Å²) in [6.07, 6.45) is 1.26. The van der Waals surface area contributed by atoms with Crippen LogP contribution in [0.25, 0.3) is 0 Å². The van der Waals surface area contributed by atoms with E-state index >= 15 is 0 Å². The molecule has 0 saturated heterocycles. The Labute approximate surface area is 146 Å². The van der Waals surface area contributed by atoms with Crippen molar-refractivity contribution < 1.29 is 28.0 Å². The van der Waals surface area contributed by atoms with Crippen LogP contribution in [0.2, 0.25) is 0 Å². The minimum absolute atomic E-state index is 0.00980. The van der Waals surface area contributed by atoms with E-state index in [1.807, 2.05) is 0 Å². The van der Waals surface area contributed by atoms with Crippen molar-refractivity contribution in [1.82, 2.24) is 9.78 Å². The molecule has 0 aliphatic rings.